The van der Waals surface area contributed by atoms with E-state index in [-0.39, 0.29) is 6.61 Å². The molecule has 0 fully saturated rings. The Hall–Kier alpha value is -2.74. The van der Waals surface area contributed by atoms with Crippen LogP contribution in [0.2, 0.25) is 5.02 Å². The number of ether oxygens (including phenoxy) is 1. The molecule has 2 aromatic carbocycles. The smallest absolute Gasteiger partial charge is 0.165 e. The van der Waals surface area contributed by atoms with E-state index in [2.05, 4.69) is 20.9 Å². The van der Waals surface area contributed by atoms with Gasteiger partial charge in [-0.25, -0.2) is 15.0 Å². The summed E-state index contributed by atoms with van der Waals surface area (Å²) in [6, 6.07) is 13.4. The van der Waals surface area contributed by atoms with Crippen LogP contribution in [0.25, 0.3) is 32.8 Å². The van der Waals surface area contributed by atoms with Gasteiger partial charge in [-0.05, 0) is 24.3 Å². The third-order valence-electron chi connectivity index (χ3n) is 4.87. The van der Waals surface area contributed by atoms with Gasteiger partial charge in [0.05, 0.1) is 34.3 Å². The molecule has 3 heterocycles. The molecule has 0 radical (unpaired) electrons. The highest BCUT2D eigenvalue weighted by Gasteiger charge is 2.18. The van der Waals surface area contributed by atoms with Crippen molar-refractivity contribution in [1.82, 2.24) is 19.5 Å². The van der Waals surface area contributed by atoms with Gasteiger partial charge in [0.1, 0.15) is 18.5 Å². The lowest BCUT2D eigenvalue weighted by Crippen LogP contribution is -2.23. The molecule has 0 aliphatic rings. The lowest BCUT2D eigenvalue weighted by molar-refractivity contribution is 0.0939. The molecule has 1 N–H and O–H groups in total. The second-order valence-corrected chi connectivity index (χ2v) is 8.26. The quantitative estimate of drug-likeness (QED) is 0.357. The fourth-order valence-corrected chi connectivity index (χ4v) is 4.18. The molecule has 150 valence electrons. The summed E-state index contributed by atoms with van der Waals surface area (Å²) in [5, 5.41) is 13.3. The summed E-state index contributed by atoms with van der Waals surface area (Å²) < 4.78 is 8.86. The maximum Gasteiger partial charge on any atom is 0.165 e. The Labute approximate surface area is 185 Å². The van der Waals surface area contributed by atoms with E-state index >= 15 is 0 Å². The number of imidazole rings is 1. The lowest BCUT2D eigenvalue weighted by Gasteiger charge is -2.17. The average Bonchev–Trinajstić information content (AvgIpc) is 3.24. The normalized spacial score (nSPS) is 12.6. The van der Waals surface area contributed by atoms with E-state index in [1.807, 2.05) is 42.5 Å². The molecule has 0 aliphatic carbocycles. The largest absolute Gasteiger partial charge is 0.489 e. The number of aromatic nitrogens is 4. The highest BCUT2D eigenvalue weighted by atomic mass is 79.9. The Bertz CT molecular complexity index is 1370. The van der Waals surface area contributed by atoms with Crippen LogP contribution in [-0.2, 0) is 6.54 Å². The monoisotopic (exact) mass is 482 g/mol. The summed E-state index contributed by atoms with van der Waals surface area (Å²) in [6.45, 7) is 0.472. The molecule has 5 aromatic rings. The van der Waals surface area contributed by atoms with Crippen molar-refractivity contribution in [3.8, 4) is 5.75 Å². The number of aliphatic hydroxyl groups is 1. The number of nitrogens with zero attached hydrogens (tertiary/aromatic N) is 4. The Kier molecular flexibility index (Phi) is 5.02. The van der Waals surface area contributed by atoms with Crippen LogP contribution in [-0.4, -0.2) is 37.3 Å². The molecule has 30 heavy (non-hydrogen) atoms. The second kappa shape index (κ2) is 7.83. The Morgan fingerprint density at radius 2 is 1.93 bits per heavy atom. The van der Waals surface area contributed by atoms with Crippen LogP contribution >= 0.6 is 27.5 Å². The van der Waals surface area contributed by atoms with Crippen molar-refractivity contribution in [2.75, 3.05) is 6.61 Å². The van der Waals surface area contributed by atoms with Crippen molar-refractivity contribution in [2.45, 2.75) is 12.6 Å². The first-order valence-electron chi connectivity index (χ1n) is 9.34. The van der Waals surface area contributed by atoms with Gasteiger partial charge in [0.25, 0.3) is 0 Å². The van der Waals surface area contributed by atoms with E-state index in [0.29, 0.717) is 28.4 Å². The van der Waals surface area contributed by atoms with Crippen LogP contribution in [0.15, 0.2) is 65.7 Å². The molecular weight excluding hydrogens is 468 g/mol. The molecule has 3 aromatic heterocycles. The van der Waals surface area contributed by atoms with Gasteiger partial charge in [-0.3, -0.25) is 0 Å². The number of rotatable bonds is 5. The molecule has 1 unspecified atom stereocenters. The average molecular weight is 484 g/mol. The summed E-state index contributed by atoms with van der Waals surface area (Å²) in [7, 11) is 0. The van der Waals surface area contributed by atoms with Crippen molar-refractivity contribution in [3.63, 3.8) is 0 Å². The number of para-hydroxylation sites is 1. The Morgan fingerprint density at radius 1 is 1.10 bits per heavy atom. The zero-order valence-electron chi connectivity index (χ0n) is 15.7. The van der Waals surface area contributed by atoms with Crippen LogP contribution < -0.4 is 4.74 Å². The van der Waals surface area contributed by atoms with Crippen molar-refractivity contribution < 1.29 is 9.84 Å². The van der Waals surface area contributed by atoms with Gasteiger partial charge in [0.15, 0.2) is 5.65 Å². The number of pyridine rings is 2. The second-order valence-electron chi connectivity index (χ2n) is 6.97. The molecule has 8 heteroatoms. The van der Waals surface area contributed by atoms with Gasteiger partial charge in [0, 0.05) is 27.6 Å². The first-order chi connectivity index (χ1) is 14.6. The summed E-state index contributed by atoms with van der Waals surface area (Å²) >= 11 is 10.3. The number of halogens is 2. The fourth-order valence-electron chi connectivity index (χ4n) is 3.50. The summed E-state index contributed by atoms with van der Waals surface area (Å²) in [5.74, 6) is 0.572. The molecule has 0 saturated carbocycles. The van der Waals surface area contributed by atoms with E-state index in [4.69, 9.17) is 26.3 Å². The fraction of sp³-hybridized carbons (Fsp3) is 0.136. The highest BCUT2D eigenvalue weighted by Crippen LogP contribution is 2.40. The minimum absolute atomic E-state index is 0.0932. The van der Waals surface area contributed by atoms with Gasteiger partial charge in [-0.2, -0.15) is 0 Å². The molecule has 6 nitrogen and oxygen atoms in total. The van der Waals surface area contributed by atoms with Crippen LogP contribution in [0.1, 0.15) is 0 Å². The first kappa shape index (κ1) is 19.2. The van der Waals surface area contributed by atoms with Crippen molar-refractivity contribution in [1.29, 1.82) is 0 Å². The van der Waals surface area contributed by atoms with Crippen LogP contribution in [0.5, 0.6) is 5.75 Å². The Morgan fingerprint density at radius 3 is 2.77 bits per heavy atom. The molecular formula is C22H16BrClN4O2. The summed E-state index contributed by atoms with van der Waals surface area (Å²) in [6.07, 6.45) is 4.41. The molecule has 0 bridgehead atoms. The predicted octanol–water partition coefficient (Wildman–Crippen LogP) is 4.99. The summed E-state index contributed by atoms with van der Waals surface area (Å²) in [4.78, 5) is 13.4. The maximum atomic E-state index is 10.5. The molecule has 0 saturated heterocycles. The van der Waals surface area contributed by atoms with Crippen LogP contribution in [0, 0.1) is 0 Å². The molecule has 0 aliphatic heterocycles. The first-order valence-corrected chi connectivity index (χ1v) is 10.5. The molecule has 5 rings (SSSR count). The zero-order valence-corrected chi connectivity index (χ0v) is 18.0. The number of aliphatic hydroxyl groups excluding tert-OH is 1. The van der Waals surface area contributed by atoms with Crippen molar-refractivity contribution in [3.05, 3.63) is 70.7 Å². The predicted molar refractivity (Wildman–Crippen MR) is 121 cm³/mol. The van der Waals surface area contributed by atoms with Gasteiger partial charge in [-0.1, -0.05) is 45.7 Å². The van der Waals surface area contributed by atoms with E-state index in [1.54, 1.807) is 23.3 Å². The maximum absolute atomic E-state index is 10.5. The van der Waals surface area contributed by atoms with E-state index in [1.165, 1.54) is 0 Å². The highest BCUT2D eigenvalue weighted by molar-refractivity contribution is 9.10. The van der Waals surface area contributed by atoms with Crippen LogP contribution in [0.3, 0.4) is 0 Å². The summed E-state index contributed by atoms with van der Waals surface area (Å²) in [5.41, 5.74) is 2.00. The SMILES string of the molecule is OC(COc1c2ccccc2nc2nc3cc(Br)ccc3c(Cl)c12)Cn1ccnc1. The van der Waals surface area contributed by atoms with E-state index < -0.39 is 6.10 Å². The molecule has 0 amide bonds. The van der Waals surface area contributed by atoms with Crippen molar-refractivity contribution in [2.24, 2.45) is 0 Å². The third-order valence-corrected chi connectivity index (χ3v) is 5.75. The van der Waals surface area contributed by atoms with Crippen LogP contribution in [0.4, 0.5) is 0 Å². The number of fused-ring (bicyclic) bond motifs is 3. The molecule has 1 atom stereocenters. The number of hydrogen-bond donors (Lipinski definition) is 1. The van der Waals surface area contributed by atoms with Gasteiger partial charge in [-0.15, -0.1) is 0 Å². The lowest BCUT2D eigenvalue weighted by atomic mass is 10.1. The van der Waals surface area contributed by atoms with Gasteiger partial charge >= 0.3 is 0 Å². The van der Waals surface area contributed by atoms with Gasteiger partial charge < -0.3 is 14.4 Å². The number of hydrogen-bond acceptors (Lipinski definition) is 5. The number of benzene rings is 2. The Balaban J connectivity index is 1.64. The third kappa shape index (κ3) is 3.49. The van der Waals surface area contributed by atoms with E-state index in [9.17, 15) is 5.11 Å². The standard InChI is InChI=1S/C22H16BrClN4O2/c23-13-5-6-15-18(9-13)27-22-19(20(15)24)21(16-3-1-2-4-17(16)26-22)30-11-14(29)10-28-8-7-25-12-28/h1-9,12,14,29H,10-11H2. The zero-order chi connectivity index (χ0) is 20.7. The minimum Gasteiger partial charge on any atom is -0.489 e. The molecule has 0 spiro atoms. The van der Waals surface area contributed by atoms with Crippen molar-refractivity contribution >= 4 is 60.4 Å². The van der Waals surface area contributed by atoms with Gasteiger partial charge in [0.2, 0.25) is 0 Å². The minimum atomic E-state index is -0.718. The van der Waals surface area contributed by atoms with E-state index in [0.717, 1.165) is 26.3 Å². The topological polar surface area (TPSA) is 73.1 Å².